The van der Waals surface area contributed by atoms with Crippen molar-refractivity contribution in [3.05, 3.63) is 47.5 Å². The summed E-state index contributed by atoms with van der Waals surface area (Å²) in [5.41, 5.74) is 2.36. The highest BCUT2D eigenvalue weighted by Crippen LogP contribution is 2.35. The standard InChI is InChI=1S/C19H24O/c1-14-11-12-16-9-5-6-10-17(16)19(14)18(20)13-15-7-3-2-4-8-15/h5-6,9-12,15,18,20H,2-4,7-8,13H2,1H3. The Hall–Kier alpha value is -1.34. The fraction of sp³-hybridized carbons (Fsp3) is 0.474. The lowest BCUT2D eigenvalue weighted by Gasteiger charge is -2.25. The zero-order valence-electron chi connectivity index (χ0n) is 12.3. The van der Waals surface area contributed by atoms with Gasteiger partial charge in [-0.1, -0.05) is 68.5 Å². The van der Waals surface area contributed by atoms with Gasteiger partial charge in [-0.15, -0.1) is 0 Å². The number of aryl methyl sites for hydroxylation is 1. The lowest BCUT2D eigenvalue weighted by molar-refractivity contribution is 0.132. The fourth-order valence-corrected chi connectivity index (χ4v) is 3.70. The molecule has 1 aliphatic carbocycles. The van der Waals surface area contributed by atoms with E-state index in [0.29, 0.717) is 5.92 Å². The summed E-state index contributed by atoms with van der Waals surface area (Å²) in [4.78, 5) is 0. The summed E-state index contributed by atoms with van der Waals surface area (Å²) in [6.07, 6.45) is 7.25. The van der Waals surface area contributed by atoms with Crippen molar-refractivity contribution in [2.45, 2.75) is 51.6 Å². The second-order valence-corrected chi connectivity index (χ2v) is 6.27. The van der Waals surface area contributed by atoms with Gasteiger partial charge in [0, 0.05) is 0 Å². The van der Waals surface area contributed by atoms with E-state index in [0.717, 1.165) is 12.0 Å². The van der Waals surface area contributed by atoms with Gasteiger partial charge in [0.15, 0.2) is 0 Å². The third kappa shape index (κ3) is 2.73. The molecule has 1 heteroatoms. The fourth-order valence-electron chi connectivity index (χ4n) is 3.70. The Morgan fingerprint density at radius 3 is 2.60 bits per heavy atom. The molecule has 0 spiro atoms. The normalized spacial score (nSPS) is 18.3. The number of fused-ring (bicyclic) bond motifs is 1. The van der Waals surface area contributed by atoms with Gasteiger partial charge in [-0.2, -0.15) is 0 Å². The molecule has 0 radical (unpaired) electrons. The second-order valence-electron chi connectivity index (χ2n) is 6.27. The Labute approximate surface area is 121 Å². The summed E-state index contributed by atoms with van der Waals surface area (Å²) >= 11 is 0. The van der Waals surface area contributed by atoms with Crippen molar-refractivity contribution < 1.29 is 5.11 Å². The molecule has 1 aliphatic rings. The maximum atomic E-state index is 10.8. The van der Waals surface area contributed by atoms with Gasteiger partial charge in [0.25, 0.3) is 0 Å². The summed E-state index contributed by atoms with van der Waals surface area (Å²) in [5, 5.41) is 13.2. The van der Waals surface area contributed by atoms with Crippen LogP contribution in [0.4, 0.5) is 0 Å². The van der Waals surface area contributed by atoms with Crippen LogP contribution in [0.2, 0.25) is 0 Å². The van der Waals surface area contributed by atoms with Gasteiger partial charge in [0.05, 0.1) is 6.10 Å². The van der Waals surface area contributed by atoms with Crippen LogP contribution in [-0.2, 0) is 0 Å². The molecule has 1 saturated carbocycles. The Morgan fingerprint density at radius 2 is 1.80 bits per heavy atom. The van der Waals surface area contributed by atoms with Crippen molar-refractivity contribution in [1.29, 1.82) is 0 Å². The molecule has 0 amide bonds. The first-order valence-electron chi connectivity index (χ1n) is 7.92. The SMILES string of the molecule is Cc1ccc2ccccc2c1C(O)CC1CCCCC1. The predicted molar refractivity (Wildman–Crippen MR) is 84.8 cm³/mol. The Bertz CT molecular complexity index is 581. The van der Waals surface area contributed by atoms with E-state index in [9.17, 15) is 5.11 Å². The highest BCUT2D eigenvalue weighted by Gasteiger charge is 2.21. The van der Waals surface area contributed by atoms with Crippen LogP contribution in [0.5, 0.6) is 0 Å². The van der Waals surface area contributed by atoms with Crippen LogP contribution < -0.4 is 0 Å². The first-order chi connectivity index (χ1) is 9.75. The zero-order valence-corrected chi connectivity index (χ0v) is 12.3. The van der Waals surface area contributed by atoms with Gasteiger partial charge in [-0.05, 0) is 41.2 Å². The van der Waals surface area contributed by atoms with E-state index in [1.54, 1.807) is 0 Å². The third-order valence-corrected chi connectivity index (χ3v) is 4.80. The molecule has 0 bridgehead atoms. The molecule has 0 aliphatic heterocycles. The van der Waals surface area contributed by atoms with Crippen molar-refractivity contribution >= 4 is 10.8 Å². The van der Waals surface area contributed by atoms with Crippen LogP contribution in [0.15, 0.2) is 36.4 Å². The zero-order chi connectivity index (χ0) is 13.9. The summed E-state index contributed by atoms with van der Waals surface area (Å²) < 4.78 is 0. The van der Waals surface area contributed by atoms with Crippen molar-refractivity contribution in [2.75, 3.05) is 0 Å². The molecule has 106 valence electrons. The van der Waals surface area contributed by atoms with Gasteiger partial charge < -0.3 is 5.11 Å². The molecule has 3 rings (SSSR count). The van der Waals surface area contributed by atoms with Crippen LogP contribution in [0.3, 0.4) is 0 Å². The van der Waals surface area contributed by atoms with Crippen LogP contribution in [0.25, 0.3) is 10.8 Å². The minimum atomic E-state index is -0.316. The molecule has 1 unspecified atom stereocenters. The molecule has 0 saturated heterocycles. The average molecular weight is 268 g/mol. The van der Waals surface area contributed by atoms with Crippen LogP contribution >= 0.6 is 0 Å². The molecule has 2 aromatic rings. The molecule has 1 N–H and O–H groups in total. The van der Waals surface area contributed by atoms with Gasteiger partial charge in [0.2, 0.25) is 0 Å². The van der Waals surface area contributed by atoms with E-state index < -0.39 is 0 Å². The summed E-state index contributed by atoms with van der Waals surface area (Å²) in [5.74, 6) is 0.706. The lowest BCUT2D eigenvalue weighted by Crippen LogP contribution is -2.12. The smallest absolute Gasteiger partial charge is 0.0801 e. The van der Waals surface area contributed by atoms with Crippen molar-refractivity contribution in [1.82, 2.24) is 0 Å². The van der Waals surface area contributed by atoms with Gasteiger partial charge in [-0.3, -0.25) is 0 Å². The largest absolute Gasteiger partial charge is 0.388 e. The first-order valence-corrected chi connectivity index (χ1v) is 7.92. The van der Waals surface area contributed by atoms with E-state index in [-0.39, 0.29) is 6.10 Å². The van der Waals surface area contributed by atoms with Crippen molar-refractivity contribution in [3.8, 4) is 0 Å². The van der Waals surface area contributed by atoms with E-state index >= 15 is 0 Å². The highest BCUT2D eigenvalue weighted by molar-refractivity contribution is 5.87. The van der Waals surface area contributed by atoms with Crippen LogP contribution in [0, 0.1) is 12.8 Å². The van der Waals surface area contributed by atoms with E-state index in [1.807, 2.05) is 0 Å². The Kier molecular flexibility index (Phi) is 4.07. The van der Waals surface area contributed by atoms with Crippen molar-refractivity contribution in [3.63, 3.8) is 0 Å². The Morgan fingerprint density at radius 1 is 1.05 bits per heavy atom. The van der Waals surface area contributed by atoms with Crippen molar-refractivity contribution in [2.24, 2.45) is 5.92 Å². The van der Waals surface area contributed by atoms with Crippen LogP contribution in [0.1, 0.15) is 55.8 Å². The minimum Gasteiger partial charge on any atom is -0.388 e. The monoisotopic (exact) mass is 268 g/mol. The molecule has 0 aromatic heterocycles. The molecule has 1 fully saturated rings. The number of aliphatic hydroxyl groups excluding tert-OH is 1. The number of hydrogen-bond acceptors (Lipinski definition) is 1. The number of rotatable bonds is 3. The molecule has 20 heavy (non-hydrogen) atoms. The molecule has 1 atom stereocenters. The number of aliphatic hydroxyl groups is 1. The van der Waals surface area contributed by atoms with E-state index in [2.05, 4.69) is 43.3 Å². The average Bonchev–Trinajstić information content (AvgIpc) is 2.48. The number of benzene rings is 2. The van der Waals surface area contributed by atoms with E-state index in [4.69, 9.17) is 0 Å². The van der Waals surface area contributed by atoms with Gasteiger partial charge in [-0.25, -0.2) is 0 Å². The van der Waals surface area contributed by atoms with Gasteiger partial charge >= 0.3 is 0 Å². The molecule has 2 aromatic carbocycles. The summed E-state index contributed by atoms with van der Waals surface area (Å²) in [6, 6.07) is 12.7. The first kappa shape index (κ1) is 13.6. The summed E-state index contributed by atoms with van der Waals surface area (Å²) in [7, 11) is 0. The van der Waals surface area contributed by atoms with Crippen LogP contribution in [-0.4, -0.2) is 5.11 Å². The maximum absolute atomic E-state index is 10.8. The quantitative estimate of drug-likeness (QED) is 0.816. The highest BCUT2D eigenvalue weighted by atomic mass is 16.3. The molecular formula is C19H24O. The molecule has 0 heterocycles. The topological polar surface area (TPSA) is 20.2 Å². The third-order valence-electron chi connectivity index (χ3n) is 4.80. The minimum absolute atomic E-state index is 0.316. The predicted octanol–water partition coefficient (Wildman–Crippen LogP) is 5.15. The van der Waals surface area contributed by atoms with Gasteiger partial charge in [0.1, 0.15) is 0 Å². The Balaban J connectivity index is 1.89. The molecular weight excluding hydrogens is 244 g/mol. The number of hydrogen-bond donors (Lipinski definition) is 1. The molecule has 1 nitrogen and oxygen atoms in total. The second kappa shape index (κ2) is 5.97. The lowest BCUT2D eigenvalue weighted by atomic mass is 9.83. The maximum Gasteiger partial charge on any atom is 0.0801 e. The summed E-state index contributed by atoms with van der Waals surface area (Å²) in [6.45, 7) is 2.12. The van der Waals surface area contributed by atoms with E-state index in [1.165, 1.54) is 48.4 Å².